The fraction of sp³-hybridized carbons (Fsp3) is 0.500. The van der Waals surface area contributed by atoms with E-state index in [9.17, 15) is 0 Å². The molecule has 2 unspecified atom stereocenters. The number of guanidine groups is 1. The van der Waals surface area contributed by atoms with E-state index in [1.165, 1.54) is 27.4 Å². The second-order valence-corrected chi connectivity index (χ2v) is 8.00. The zero-order chi connectivity index (χ0) is 17.8. The Labute approximate surface area is 177 Å². The Morgan fingerprint density at radius 1 is 1.27 bits per heavy atom. The lowest BCUT2D eigenvalue weighted by Gasteiger charge is -2.11. The number of aromatic nitrogens is 1. The van der Waals surface area contributed by atoms with E-state index in [2.05, 4.69) is 67.6 Å². The van der Waals surface area contributed by atoms with E-state index in [1.54, 1.807) is 11.3 Å². The highest BCUT2D eigenvalue weighted by molar-refractivity contribution is 14.0. The summed E-state index contributed by atoms with van der Waals surface area (Å²) in [6, 6.07) is 9.18. The van der Waals surface area contributed by atoms with Gasteiger partial charge in [-0.1, -0.05) is 24.3 Å². The van der Waals surface area contributed by atoms with Gasteiger partial charge in [-0.15, -0.1) is 35.3 Å². The van der Waals surface area contributed by atoms with Gasteiger partial charge in [0.05, 0.1) is 10.7 Å². The molecule has 1 aromatic heterocycles. The average Bonchev–Trinajstić information content (AvgIpc) is 3.26. The lowest BCUT2D eigenvalue weighted by atomic mass is 10.0. The topological polar surface area (TPSA) is 49.3 Å². The van der Waals surface area contributed by atoms with Crippen LogP contribution in [0.5, 0.6) is 0 Å². The van der Waals surface area contributed by atoms with E-state index < -0.39 is 0 Å². The molecular formula is C20H29IN4S. The lowest BCUT2D eigenvalue weighted by Crippen LogP contribution is -2.39. The molecule has 4 nitrogen and oxygen atoms in total. The lowest BCUT2D eigenvalue weighted by molar-refractivity contribution is 0.790. The first-order valence-corrected chi connectivity index (χ1v) is 9.93. The predicted molar refractivity (Wildman–Crippen MR) is 122 cm³/mol. The summed E-state index contributed by atoms with van der Waals surface area (Å²) in [4.78, 5) is 10.6. The van der Waals surface area contributed by atoms with Gasteiger partial charge in [0.15, 0.2) is 5.96 Å². The quantitative estimate of drug-likeness (QED) is 0.365. The number of benzene rings is 1. The van der Waals surface area contributed by atoms with E-state index in [0.29, 0.717) is 12.0 Å². The molecule has 1 saturated carbocycles. The zero-order valence-electron chi connectivity index (χ0n) is 16.0. The van der Waals surface area contributed by atoms with Crippen LogP contribution < -0.4 is 10.6 Å². The van der Waals surface area contributed by atoms with Gasteiger partial charge in [0.2, 0.25) is 0 Å². The number of nitrogens with one attached hydrogen (secondary N) is 2. The van der Waals surface area contributed by atoms with E-state index in [-0.39, 0.29) is 24.0 Å². The third-order valence-electron chi connectivity index (χ3n) is 4.71. The molecule has 1 aliphatic rings. The Bertz CT molecular complexity index is 737. The van der Waals surface area contributed by atoms with E-state index in [0.717, 1.165) is 31.2 Å². The maximum Gasteiger partial charge on any atom is 0.191 e. The van der Waals surface area contributed by atoms with Crippen LogP contribution in [0.15, 0.2) is 29.3 Å². The molecule has 26 heavy (non-hydrogen) atoms. The molecule has 0 spiro atoms. The van der Waals surface area contributed by atoms with E-state index in [1.807, 2.05) is 0 Å². The Morgan fingerprint density at radius 2 is 2.04 bits per heavy atom. The molecule has 0 saturated heterocycles. The van der Waals surface area contributed by atoms with Crippen LogP contribution in [-0.2, 0) is 6.42 Å². The van der Waals surface area contributed by atoms with Crippen molar-refractivity contribution < 1.29 is 0 Å². The summed E-state index contributed by atoms with van der Waals surface area (Å²) >= 11 is 1.78. The van der Waals surface area contributed by atoms with Gasteiger partial charge in [0, 0.05) is 36.3 Å². The molecule has 6 heteroatoms. The van der Waals surface area contributed by atoms with Crippen molar-refractivity contribution in [1.29, 1.82) is 0 Å². The molecule has 1 fully saturated rings. The van der Waals surface area contributed by atoms with Crippen molar-refractivity contribution in [2.75, 3.05) is 13.1 Å². The molecule has 1 aromatic carbocycles. The molecular weight excluding hydrogens is 455 g/mol. The standard InChI is InChI=1S/C20H28N4S.HI/c1-5-21-20(22-11-10-19-23-14(3)15(4)25-19)24-18-12-17(18)16-9-7-6-8-13(16)2;/h6-9,17-18H,5,10-12H2,1-4H3,(H2,21,22,24);1H. The number of rotatable bonds is 6. The van der Waals surface area contributed by atoms with Crippen LogP contribution in [-0.4, -0.2) is 30.1 Å². The summed E-state index contributed by atoms with van der Waals surface area (Å²) in [5, 5.41) is 8.14. The molecule has 0 radical (unpaired) electrons. The third-order valence-corrected chi connectivity index (χ3v) is 5.85. The molecule has 142 valence electrons. The van der Waals surface area contributed by atoms with Crippen molar-refractivity contribution in [3.63, 3.8) is 0 Å². The number of thiazole rings is 1. The summed E-state index contributed by atoms with van der Waals surface area (Å²) < 4.78 is 0. The molecule has 0 amide bonds. The van der Waals surface area contributed by atoms with Gasteiger partial charge in [-0.05, 0) is 45.2 Å². The maximum absolute atomic E-state index is 4.74. The fourth-order valence-electron chi connectivity index (χ4n) is 3.11. The normalized spacial score (nSPS) is 19.0. The van der Waals surface area contributed by atoms with Crippen LogP contribution in [0, 0.1) is 20.8 Å². The van der Waals surface area contributed by atoms with Crippen molar-refractivity contribution >= 4 is 41.3 Å². The first-order valence-electron chi connectivity index (χ1n) is 9.11. The minimum atomic E-state index is 0. The summed E-state index contributed by atoms with van der Waals surface area (Å²) in [6.45, 7) is 10.2. The molecule has 0 bridgehead atoms. The van der Waals surface area contributed by atoms with Gasteiger partial charge >= 0.3 is 0 Å². The minimum absolute atomic E-state index is 0. The van der Waals surface area contributed by atoms with Crippen LogP contribution in [0.4, 0.5) is 0 Å². The smallest absolute Gasteiger partial charge is 0.191 e. The number of aryl methyl sites for hydroxylation is 3. The van der Waals surface area contributed by atoms with Crippen molar-refractivity contribution in [2.45, 2.75) is 52.5 Å². The van der Waals surface area contributed by atoms with Crippen LogP contribution in [0.25, 0.3) is 0 Å². The van der Waals surface area contributed by atoms with Crippen LogP contribution >= 0.6 is 35.3 Å². The molecule has 2 N–H and O–H groups in total. The number of hydrogen-bond donors (Lipinski definition) is 2. The highest BCUT2D eigenvalue weighted by Crippen LogP contribution is 2.42. The average molecular weight is 484 g/mol. The van der Waals surface area contributed by atoms with Crippen LogP contribution in [0.2, 0.25) is 0 Å². The van der Waals surface area contributed by atoms with Gasteiger partial charge in [-0.3, -0.25) is 4.99 Å². The first kappa shape index (κ1) is 21.2. The van der Waals surface area contributed by atoms with Crippen molar-refractivity contribution in [3.05, 3.63) is 51.0 Å². The zero-order valence-corrected chi connectivity index (χ0v) is 19.2. The predicted octanol–water partition coefficient (Wildman–Crippen LogP) is 4.34. The van der Waals surface area contributed by atoms with Crippen LogP contribution in [0.1, 0.15) is 46.0 Å². The minimum Gasteiger partial charge on any atom is -0.357 e. The largest absolute Gasteiger partial charge is 0.357 e. The summed E-state index contributed by atoms with van der Waals surface area (Å²) in [5.41, 5.74) is 3.99. The Hall–Kier alpha value is -1.15. The SMILES string of the molecule is CCNC(=NCCc1nc(C)c(C)s1)NC1CC1c1ccccc1C.I. The van der Waals surface area contributed by atoms with Gasteiger partial charge in [0.25, 0.3) is 0 Å². The summed E-state index contributed by atoms with van der Waals surface area (Å²) in [7, 11) is 0. The molecule has 2 aromatic rings. The number of hydrogen-bond acceptors (Lipinski definition) is 3. The van der Waals surface area contributed by atoms with Crippen molar-refractivity contribution in [1.82, 2.24) is 15.6 Å². The molecule has 1 heterocycles. The molecule has 0 aliphatic heterocycles. The van der Waals surface area contributed by atoms with E-state index in [4.69, 9.17) is 4.99 Å². The van der Waals surface area contributed by atoms with E-state index >= 15 is 0 Å². The molecule has 1 aliphatic carbocycles. The second-order valence-electron chi connectivity index (χ2n) is 6.71. The Kier molecular flexibility index (Phi) is 7.88. The first-order chi connectivity index (χ1) is 12.1. The Morgan fingerprint density at radius 3 is 2.69 bits per heavy atom. The second kappa shape index (κ2) is 9.69. The highest BCUT2D eigenvalue weighted by Gasteiger charge is 2.39. The van der Waals surface area contributed by atoms with Gasteiger partial charge in [0.1, 0.15) is 0 Å². The van der Waals surface area contributed by atoms with Gasteiger partial charge < -0.3 is 10.6 Å². The maximum atomic E-state index is 4.74. The van der Waals surface area contributed by atoms with Crippen molar-refractivity contribution in [2.24, 2.45) is 4.99 Å². The summed E-state index contributed by atoms with van der Waals surface area (Å²) in [5.74, 6) is 1.53. The van der Waals surface area contributed by atoms with Crippen LogP contribution in [0.3, 0.4) is 0 Å². The van der Waals surface area contributed by atoms with Gasteiger partial charge in [-0.2, -0.15) is 0 Å². The number of aliphatic imine (C=N–C) groups is 1. The van der Waals surface area contributed by atoms with Crippen molar-refractivity contribution in [3.8, 4) is 0 Å². The summed E-state index contributed by atoms with van der Waals surface area (Å²) in [6.07, 6.45) is 2.09. The molecule has 3 rings (SSSR count). The Balaban J connectivity index is 0.00000243. The fourth-order valence-corrected chi connectivity index (χ4v) is 4.03. The number of halogens is 1. The molecule has 2 atom stereocenters. The monoisotopic (exact) mass is 484 g/mol. The highest BCUT2D eigenvalue weighted by atomic mass is 127. The number of nitrogens with zero attached hydrogens (tertiary/aromatic N) is 2. The van der Waals surface area contributed by atoms with Gasteiger partial charge in [-0.25, -0.2) is 4.98 Å². The third kappa shape index (κ3) is 5.42.